The largest absolute Gasteiger partial charge is 0.477 e. The second-order valence-corrected chi connectivity index (χ2v) is 11.3. The summed E-state index contributed by atoms with van der Waals surface area (Å²) < 4.78 is 23.6. The number of halogens is 1. The molecule has 4 aromatic rings. The molecule has 0 saturated carbocycles. The van der Waals surface area contributed by atoms with Crippen molar-refractivity contribution in [2.45, 2.75) is 31.9 Å². The maximum Gasteiger partial charge on any atom is 0.219 e. The lowest BCUT2D eigenvalue weighted by Gasteiger charge is -2.29. The van der Waals surface area contributed by atoms with Gasteiger partial charge in [0.05, 0.1) is 72.6 Å². The minimum atomic E-state index is -0.643. The van der Waals surface area contributed by atoms with Gasteiger partial charge in [-0.1, -0.05) is 6.07 Å². The zero-order valence-corrected chi connectivity index (χ0v) is 23.8. The van der Waals surface area contributed by atoms with Crippen LogP contribution in [0.15, 0.2) is 24.4 Å². The first kappa shape index (κ1) is 24.8. The molecule has 0 spiro atoms. The summed E-state index contributed by atoms with van der Waals surface area (Å²) in [6.45, 7) is 3.76. The van der Waals surface area contributed by atoms with Gasteiger partial charge in [-0.15, -0.1) is 0 Å². The van der Waals surface area contributed by atoms with Gasteiger partial charge in [0.25, 0.3) is 0 Å². The molecule has 0 amide bonds. The van der Waals surface area contributed by atoms with E-state index in [9.17, 15) is 5.11 Å². The molecule has 1 N–H and O–H groups in total. The van der Waals surface area contributed by atoms with E-state index in [-0.39, 0.29) is 12.6 Å². The van der Waals surface area contributed by atoms with Gasteiger partial charge >= 0.3 is 0 Å². The van der Waals surface area contributed by atoms with Crippen LogP contribution < -0.4 is 9.47 Å². The lowest BCUT2D eigenvalue weighted by Crippen LogP contribution is -2.35. The smallest absolute Gasteiger partial charge is 0.219 e. The average Bonchev–Trinajstić information content (AvgIpc) is 3.55. The normalized spacial score (nSPS) is 21.3. The summed E-state index contributed by atoms with van der Waals surface area (Å²) in [7, 11) is 1.89. The maximum atomic E-state index is 10.6. The van der Waals surface area contributed by atoms with Gasteiger partial charge < -0.3 is 19.3 Å². The first-order valence-corrected chi connectivity index (χ1v) is 16.3. The number of benzene rings is 1. The number of aromatic nitrogens is 6. The van der Waals surface area contributed by atoms with Gasteiger partial charge in [-0.3, -0.25) is 0 Å². The number of ether oxygens (including phenoxy) is 3. The molecule has 2 bridgehead atoms. The van der Waals surface area contributed by atoms with E-state index in [1.165, 1.54) is 0 Å². The molecule has 2 aliphatic heterocycles. The highest BCUT2D eigenvalue weighted by Crippen LogP contribution is 2.37. The minimum absolute atomic E-state index is 0.206. The molecule has 1 fully saturated rings. The number of hydrogen-bond acceptors (Lipinski definition) is 7. The summed E-state index contributed by atoms with van der Waals surface area (Å²) in [5.74, 6) is 1.37. The van der Waals surface area contributed by atoms with E-state index < -0.39 is 6.10 Å². The quantitative estimate of drug-likeness (QED) is 0.258. The SMILES string of the molecule is Cc1nn([C@H]2CCOCC2O)c2c1/C=C/c1nn(PI)c3ccc(cc13)-c1cnn(C)c1OCCCO2. The molecule has 3 aromatic heterocycles. The molecular formula is C25H28IN6O4P. The number of rotatable bonds is 2. The molecule has 0 radical (unpaired) electrons. The maximum absolute atomic E-state index is 10.6. The lowest BCUT2D eigenvalue weighted by molar-refractivity contribution is -0.0437. The van der Waals surface area contributed by atoms with Crippen LogP contribution in [-0.4, -0.2) is 66.7 Å². The fourth-order valence-electron chi connectivity index (χ4n) is 4.95. The third-order valence-corrected chi connectivity index (χ3v) is 8.72. The topological polar surface area (TPSA) is 101 Å². The number of aliphatic hydroxyl groups excluding tert-OH is 1. The van der Waals surface area contributed by atoms with Crippen molar-refractivity contribution in [3.05, 3.63) is 41.3 Å². The van der Waals surface area contributed by atoms with Crippen LogP contribution in [0.1, 0.15) is 35.8 Å². The van der Waals surface area contributed by atoms with Gasteiger partial charge in [0.15, 0.2) is 0 Å². The Bertz CT molecular complexity index is 1480. The molecule has 194 valence electrons. The van der Waals surface area contributed by atoms with Crippen molar-refractivity contribution in [2.24, 2.45) is 7.05 Å². The predicted molar refractivity (Wildman–Crippen MR) is 152 cm³/mol. The second-order valence-electron chi connectivity index (χ2n) is 9.23. The fourth-order valence-corrected chi connectivity index (χ4v) is 6.48. The molecule has 12 heteroatoms. The number of hydrogen-bond donors (Lipinski definition) is 1. The summed E-state index contributed by atoms with van der Waals surface area (Å²) in [6, 6.07) is 6.16. The number of aliphatic hydroxyl groups is 1. The van der Waals surface area contributed by atoms with E-state index in [1.54, 1.807) is 4.68 Å². The van der Waals surface area contributed by atoms with Gasteiger partial charge in [-0.25, -0.2) is 13.8 Å². The highest BCUT2D eigenvalue weighted by Gasteiger charge is 2.30. The van der Waals surface area contributed by atoms with Gasteiger partial charge in [-0.05, 0) is 65.2 Å². The standard InChI is InChI=1S/C25H28IN6O4P/c1-15-17-5-6-20-18-12-16(4-7-21(18)32(29-20)37-26)19-13-27-30(2)24(19)35-9-3-10-36-25(17)31(28-15)22-8-11-34-14-23(22)33/h4-7,12-13,22-23,33,37H,3,8-11,14H2,1-2H3/b6-5+/t22-,23?/m0/s1. The Morgan fingerprint density at radius 2 is 1.95 bits per heavy atom. The minimum Gasteiger partial charge on any atom is -0.477 e. The molecule has 3 atom stereocenters. The Morgan fingerprint density at radius 1 is 1.11 bits per heavy atom. The van der Waals surface area contributed by atoms with E-state index in [4.69, 9.17) is 24.4 Å². The van der Waals surface area contributed by atoms with E-state index in [0.717, 1.165) is 44.9 Å². The highest BCUT2D eigenvalue weighted by atomic mass is 127. The summed E-state index contributed by atoms with van der Waals surface area (Å²) in [5, 5.41) is 25.8. The Morgan fingerprint density at radius 3 is 2.76 bits per heavy atom. The molecule has 10 nitrogen and oxygen atoms in total. The third kappa shape index (κ3) is 4.56. The Hall–Kier alpha value is -2.47. The van der Waals surface area contributed by atoms with Gasteiger partial charge in [-0.2, -0.15) is 15.3 Å². The molecule has 6 rings (SSSR count). The van der Waals surface area contributed by atoms with E-state index >= 15 is 0 Å². The highest BCUT2D eigenvalue weighted by molar-refractivity contribution is 14.2. The zero-order valence-electron chi connectivity index (χ0n) is 20.6. The zero-order chi connectivity index (χ0) is 25.5. The Balaban J connectivity index is 1.49. The average molecular weight is 634 g/mol. The van der Waals surface area contributed by atoms with Crippen LogP contribution in [-0.2, 0) is 11.8 Å². The summed E-state index contributed by atoms with van der Waals surface area (Å²) in [4.78, 5) is 0. The summed E-state index contributed by atoms with van der Waals surface area (Å²) >= 11 is 2.35. The first-order chi connectivity index (χ1) is 18.0. The number of fused-ring (bicyclic) bond motifs is 4. The molecule has 37 heavy (non-hydrogen) atoms. The van der Waals surface area contributed by atoms with Crippen LogP contribution in [0, 0.1) is 6.92 Å². The molecule has 1 aromatic carbocycles. The van der Waals surface area contributed by atoms with Crippen LogP contribution in [0.25, 0.3) is 34.2 Å². The van der Waals surface area contributed by atoms with E-state index in [0.29, 0.717) is 44.9 Å². The van der Waals surface area contributed by atoms with Crippen molar-refractivity contribution in [1.82, 2.24) is 29.1 Å². The van der Waals surface area contributed by atoms with Crippen molar-refractivity contribution in [3.63, 3.8) is 0 Å². The number of aryl methyl sites for hydroxylation is 2. The van der Waals surface area contributed by atoms with Crippen molar-refractivity contribution in [2.75, 3.05) is 26.4 Å². The van der Waals surface area contributed by atoms with Gasteiger partial charge in [0.1, 0.15) is 0 Å². The van der Waals surface area contributed by atoms with Gasteiger partial charge in [0.2, 0.25) is 11.8 Å². The van der Waals surface area contributed by atoms with Crippen molar-refractivity contribution in [3.8, 4) is 22.9 Å². The van der Waals surface area contributed by atoms with Crippen molar-refractivity contribution < 1.29 is 19.3 Å². The summed E-state index contributed by atoms with van der Waals surface area (Å²) in [6.07, 6.45) is 7.08. The van der Waals surface area contributed by atoms with Crippen LogP contribution in [0.4, 0.5) is 0 Å². The molecule has 5 heterocycles. The summed E-state index contributed by atoms with van der Waals surface area (Å²) in [5.41, 5.74) is 5.64. The Labute approximate surface area is 228 Å². The fraction of sp³-hybridized carbons (Fsp3) is 0.400. The van der Waals surface area contributed by atoms with Gasteiger partial charge in [0, 0.05) is 25.5 Å². The van der Waals surface area contributed by atoms with Crippen LogP contribution in [0.3, 0.4) is 0 Å². The lowest BCUT2D eigenvalue weighted by atomic mass is 10.0. The van der Waals surface area contributed by atoms with Crippen molar-refractivity contribution in [1.29, 1.82) is 0 Å². The number of nitrogens with zero attached hydrogens (tertiary/aromatic N) is 6. The van der Waals surface area contributed by atoms with Crippen molar-refractivity contribution >= 4 is 51.5 Å². The Kier molecular flexibility index (Phi) is 6.95. The third-order valence-electron chi connectivity index (χ3n) is 6.85. The monoisotopic (exact) mass is 634 g/mol. The predicted octanol–water partition coefficient (Wildman–Crippen LogP) is 4.39. The van der Waals surface area contributed by atoms with Crippen LogP contribution >= 0.6 is 28.4 Å². The van der Waals surface area contributed by atoms with E-state index in [2.05, 4.69) is 45.3 Å². The van der Waals surface area contributed by atoms with E-state index in [1.807, 2.05) is 41.5 Å². The first-order valence-electron chi connectivity index (χ1n) is 12.3. The molecular weight excluding hydrogens is 606 g/mol. The second kappa shape index (κ2) is 10.4. The molecule has 0 aliphatic carbocycles. The molecule has 2 aliphatic rings. The van der Waals surface area contributed by atoms with Crippen LogP contribution in [0.2, 0.25) is 0 Å². The van der Waals surface area contributed by atoms with Crippen LogP contribution in [0.5, 0.6) is 11.8 Å². The molecule has 1 saturated heterocycles. The molecule has 2 unspecified atom stereocenters.